The summed E-state index contributed by atoms with van der Waals surface area (Å²) in [7, 11) is -3.82. The van der Waals surface area contributed by atoms with E-state index in [0.29, 0.717) is 12.8 Å². The number of hydroxylamine groups is 1. The summed E-state index contributed by atoms with van der Waals surface area (Å²) >= 11 is 0. The van der Waals surface area contributed by atoms with Gasteiger partial charge in [-0.2, -0.15) is 4.31 Å². The molecule has 0 spiro atoms. The molecule has 3 rings (SSSR count). The summed E-state index contributed by atoms with van der Waals surface area (Å²) in [5.41, 5.74) is 1.60. The van der Waals surface area contributed by atoms with Crippen molar-refractivity contribution in [2.45, 2.75) is 36.6 Å². The van der Waals surface area contributed by atoms with Crippen molar-refractivity contribution in [2.75, 3.05) is 6.54 Å². The Labute approximate surface area is 141 Å². The van der Waals surface area contributed by atoms with E-state index in [4.69, 9.17) is 5.21 Å². The number of fused-ring (bicyclic) bond motifs is 1. The average molecular weight is 348 g/mol. The van der Waals surface area contributed by atoms with Crippen molar-refractivity contribution < 1.29 is 18.4 Å². The van der Waals surface area contributed by atoms with Crippen LogP contribution >= 0.6 is 0 Å². The van der Waals surface area contributed by atoms with Gasteiger partial charge in [0.2, 0.25) is 10.0 Å². The molecule has 1 saturated heterocycles. The Balaban J connectivity index is 2.03. The monoisotopic (exact) mass is 348 g/mol. The number of amides is 1. The zero-order valence-corrected chi connectivity index (χ0v) is 14.0. The first-order valence-electron chi connectivity index (χ1n) is 7.98. The maximum atomic E-state index is 13.1. The largest absolute Gasteiger partial charge is 0.289 e. The van der Waals surface area contributed by atoms with E-state index in [9.17, 15) is 13.2 Å². The molecule has 24 heavy (non-hydrogen) atoms. The molecule has 2 aromatic rings. The molecule has 1 atom stereocenters. The zero-order chi connectivity index (χ0) is 17.2. The Kier molecular flexibility index (Phi) is 4.84. The quantitative estimate of drug-likeness (QED) is 0.658. The van der Waals surface area contributed by atoms with Crippen molar-refractivity contribution >= 4 is 26.7 Å². The Morgan fingerprint density at radius 1 is 1.08 bits per heavy atom. The highest BCUT2D eigenvalue weighted by Gasteiger charge is 2.36. The van der Waals surface area contributed by atoms with E-state index < -0.39 is 22.0 Å². The molecule has 1 amide bonds. The van der Waals surface area contributed by atoms with Crippen LogP contribution < -0.4 is 5.48 Å². The molecule has 6 nitrogen and oxygen atoms in total. The lowest BCUT2D eigenvalue weighted by atomic mass is 10.1. The van der Waals surface area contributed by atoms with E-state index in [-0.39, 0.29) is 11.4 Å². The van der Waals surface area contributed by atoms with Crippen LogP contribution in [0.15, 0.2) is 47.4 Å². The van der Waals surface area contributed by atoms with Crippen molar-refractivity contribution in [3.8, 4) is 0 Å². The maximum absolute atomic E-state index is 13.1. The van der Waals surface area contributed by atoms with Crippen LogP contribution in [0.25, 0.3) is 10.8 Å². The van der Waals surface area contributed by atoms with Crippen LogP contribution in [0.1, 0.15) is 25.7 Å². The summed E-state index contributed by atoms with van der Waals surface area (Å²) in [6.45, 7) is 0.271. The molecule has 1 heterocycles. The van der Waals surface area contributed by atoms with Gasteiger partial charge < -0.3 is 0 Å². The van der Waals surface area contributed by atoms with Gasteiger partial charge in [0.15, 0.2) is 0 Å². The molecule has 0 aliphatic carbocycles. The van der Waals surface area contributed by atoms with E-state index in [1.165, 1.54) is 4.31 Å². The molecular formula is C17H20N2O4S. The molecule has 2 aromatic carbocycles. The number of nitrogens with one attached hydrogen (secondary N) is 1. The van der Waals surface area contributed by atoms with Crippen LogP contribution in [0.3, 0.4) is 0 Å². The molecule has 1 aliphatic rings. The number of carbonyl (C=O) groups excluding carboxylic acids is 1. The van der Waals surface area contributed by atoms with Crippen LogP contribution in [0.4, 0.5) is 0 Å². The Morgan fingerprint density at radius 3 is 2.58 bits per heavy atom. The van der Waals surface area contributed by atoms with Crippen LogP contribution in [-0.2, 0) is 14.8 Å². The molecule has 0 saturated carbocycles. The number of sulfonamides is 1. The van der Waals surface area contributed by atoms with Crippen molar-refractivity contribution in [3.63, 3.8) is 0 Å². The number of nitrogens with zero attached hydrogens (tertiary/aromatic N) is 1. The molecule has 2 N–H and O–H groups in total. The maximum Gasteiger partial charge on any atom is 0.261 e. The summed E-state index contributed by atoms with van der Waals surface area (Å²) in [4.78, 5) is 12.1. The van der Waals surface area contributed by atoms with E-state index >= 15 is 0 Å². The first-order chi connectivity index (χ1) is 11.5. The second-order valence-electron chi connectivity index (χ2n) is 5.97. The fourth-order valence-corrected chi connectivity index (χ4v) is 4.86. The number of benzene rings is 2. The van der Waals surface area contributed by atoms with Crippen molar-refractivity contribution in [1.29, 1.82) is 0 Å². The molecule has 0 bridgehead atoms. The summed E-state index contributed by atoms with van der Waals surface area (Å²) < 4.78 is 27.4. The first kappa shape index (κ1) is 16.9. The van der Waals surface area contributed by atoms with Gasteiger partial charge in [0.25, 0.3) is 5.91 Å². The molecule has 0 radical (unpaired) electrons. The summed E-state index contributed by atoms with van der Waals surface area (Å²) in [6.07, 6.45) is 2.71. The number of carbonyl (C=O) groups is 1. The van der Waals surface area contributed by atoms with Gasteiger partial charge in [0, 0.05) is 6.54 Å². The minimum atomic E-state index is -3.82. The van der Waals surface area contributed by atoms with E-state index in [1.54, 1.807) is 23.7 Å². The summed E-state index contributed by atoms with van der Waals surface area (Å²) in [6, 6.07) is 11.6. The van der Waals surface area contributed by atoms with Crippen molar-refractivity contribution in [1.82, 2.24) is 9.79 Å². The lowest BCUT2D eigenvalue weighted by Crippen LogP contribution is -2.48. The minimum absolute atomic E-state index is 0.166. The molecular weight excluding hydrogens is 328 g/mol. The second kappa shape index (κ2) is 6.88. The van der Waals surface area contributed by atoms with Gasteiger partial charge in [-0.25, -0.2) is 13.9 Å². The fraction of sp³-hybridized carbons (Fsp3) is 0.353. The normalized spacial score (nSPS) is 19.8. The number of hydrogen-bond donors (Lipinski definition) is 2. The van der Waals surface area contributed by atoms with Gasteiger partial charge in [-0.15, -0.1) is 0 Å². The molecule has 128 valence electrons. The second-order valence-corrected chi connectivity index (χ2v) is 7.86. The van der Waals surface area contributed by atoms with Crippen LogP contribution in [0, 0.1) is 0 Å². The van der Waals surface area contributed by atoms with Gasteiger partial charge >= 0.3 is 0 Å². The first-order valence-corrected chi connectivity index (χ1v) is 9.42. The predicted octanol–water partition coefficient (Wildman–Crippen LogP) is 2.28. The molecule has 1 unspecified atom stereocenters. The average Bonchev–Trinajstić information content (AvgIpc) is 2.87. The highest BCUT2D eigenvalue weighted by molar-refractivity contribution is 7.89. The molecule has 0 aromatic heterocycles. The van der Waals surface area contributed by atoms with Crippen molar-refractivity contribution in [2.24, 2.45) is 0 Å². The highest BCUT2D eigenvalue weighted by Crippen LogP contribution is 2.27. The third kappa shape index (κ3) is 3.15. The highest BCUT2D eigenvalue weighted by atomic mass is 32.2. The minimum Gasteiger partial charge on any atom is -0.289 e. The van der Waals surface area contributed by atoms with E-state index in [1.807, 2.05) is 24.3 Å². The zero-order valence-electron chi connectivity index (χ0n) is 13.2. The molecule has 7 heteroatoms. The molecule has 1 fully saturated rings. The fourth-order valence-electron chi connectivity index (χ4n) is 3.17. The Bertz CT molecular complexity index is 851. The van der Waals surface area contributed by atoms with Crippen LogP contribution in [0.5, 0.6) is 0 Å². The number of hydrogen-bond acceptors (Lipinski definition) is 4. The van der Waals surface area contributed by atoms with Gasteiger partial charge in [-0.1, -0.05) is 43.2 Å². The van der Waals surface area contributed by atoms with Gasteiger partial charge in [-0.3, -0.25) is 10.0 Å². The summed E-state index contributed by atoms with van der Waals surface area (Å²) in [5, 5.41) is 10.7. The van der Waals surface area contributed by atoms with E-state index in [2.05, 4.69) is 0 Å². The lowest BCUT2D eigenvalue weighted by Gasteiger charge is -2.27. The topological polar surface area (TPSA) is 86.7 Å². The third-order valence-corrected chi connectivity index (χ3v) is 6.35. The standard InChI is InChI=1S/C17H20N2O4S/c20-17(18-21)16-8-2-1-5-11-19(16)24(22,23)15-10-9-13-6-3-4-7-14(13)12-15/h3-4,6-7,9-10,12,16,21H,1-2,5,8,11H2,(H,18,20). The summed E-state index contributed by atoms with van der Waals surface area (Å²) in [5.74, 6) is -0.679. The third-order valence-electron chi connectivity index (χ3n) is 4.44. The van der Waals surface area contributed by atoms with E-state index in [0.717, 1.165) is 23.6 Å². The Morgan fingerprint density at radius 2 is 1.83 bits per heavy atom. The van der Waals surface area contributed by atoms with Gasteiger partial charge in [0.05, 0.1) is 4.90 Å². The van der Waals surface area contributed by atoms with Gasteiger partial charge in [0.1, 0.15) is 6.04 Å². The van der Waals surface area contributed by atoms with Crippen molar-refractivity contribution in [3.05, 3.63) is 42.5 Å². The predicted molar refractivity (Wildman–Crippen MR) is 90.0 cm³/mol. The SMILES string of the molecule is O=C(NO)C1CCCCCN1S(=O)(=O)c1ccc2ccccc2c1. The Hall–Kier alpha value is -1.96. The lowest BCUT2D eigenvalue weighted by molar-refractivity contribution is -0.133. The smallest absolute Gasteiger partial charge is 0.261 e. The van der Waals surface area contributed by atoms with Crippen LogP contribution in [0.2, 0.25) is 0 Å². The van der Waals surface area contributed by atoms with Crippen LogP contribution in [-0.4, -0.2) is 36.4 Å². The number of rotatable bonds is 3. The van der Waals surface area contributed by atoms with Gasteiger partial charge in [-0.05, 0) is 35.7 Å². The molecule has 1 aliphatic heterocycles.